The van der Waals surface area contributed by atoms with Crippen LogP contribution in [0.3, 0.4) is 0 Å². The molecule has 0 aliphatic carbocycles. The van der Waals surface area contributed by atoms with Gasteiger partial charge >= 0.3 is 0 Å². The first-order valence-corrected chi connectivity index (χ1v) is 7.06. The van der Waals surface area contributed by atoms with E-state index in [1.54, 1.807) is 7.11 Å². The van der Waals surface area contributed by atoms with Crippen molar-refractivity contribution in [3.63, 3.8) is 0 Å². The van der Waals surface area contributed by atoms with Crippen molar-refractivity contribution in [1.29, 1.82) is 0 Å². The maximum Gasteiger partial charge on any atom is 0.234 e. The Bertz CT molecular complexity index is 447. The van der Waals surface area contributed by atoms with Gasteiger partial charge in [-0.05, 0) is 37.1 Å². The second-order valence-electron chi connectivity index (χ2n) is 5.18. The van der Waals surface area contributed by atoms with Gasteiger partial charge < -0.3 is 16.2 Å². The van der Waals surface area contributed by atoms with E-state index in [-0.39, 0.29) is 18.0 Å². The highest BCUT2D eigenvalue weighted by Crippen LogP contribution is 2.29. The summed E-state index contributed by atoms with van der Waals surface area (Å²) >= 11 is 0. The monoisotopic (exact) mass is 277 g/mol. The van der Waals surface area contributed by atoms with Crippen molar-refractivity contribution in [1.82, 2.24) is 4.90 Å². The van der Waals surface area contributed by atoms with Gasteiger partial charge in [0, 0.05) is 12.6 Å². The smallest absolute Gasteiger partial charge is 0.234 e. The highest BCUT2D eigenvalue weighted by atomic mass is 16.5. The molecule has 2 rings (SSSR count). The Kier molecular flexibility index (Phi) is 4.98. The molecule has 0 bridgehead atoms. The molecule has 1 aliphatic heterocycles. The molecule has 0 spiro atoms. The van der Waals surface area contributed by atoms with Crippen LogP contribution in [0.5, 0.6) is 5.75 Å². The van der Waals surface area contributed by atoms with E-state index >= 15 is 0 Å². The van der Waals surface area contributed by atoms with Crippen LogP contribution in [0.15, 0.2) is 24.3 Å². The summed E-state index contributed by atoms with van der Waals surface area (Å²) in [4.78, 5) is 13.8. The number of carbonyl (C=O) groups is 1. The van der Waals surface area contributed by atoms with Gasteiger partial charge in [0.25, 0.3) is 0 Å². The molecule has 5 heteroatoms. The molecule has 1 amide bonds. The molecule has 1 heterocycles. The third-order valence-corrected chi connectivity index (χ3v) is 4.00. The van der Waals surface area contributed by atoms with Crippen LogP contribution in [0.4, 0.5) is 0 Å². The summed E-state index contributed by atoms with van der Waals surface area (Å²) in [5, 5.41) is 0. The maximum absolute atomic E-state index is 11.6. The Morgan fingerprint density at radius 1 is 1.40 bits per heavy atom. The number of hydrogen-bond acceptors (Lipinski definition) is 4. The number of amides is 1. The highest BCUT2D eigenvalue weighted by molar-refractivity contribution is 5.80. The minimum atomic E-state index is -0.253. The van der Waals surface area contributed by atoms with Crippen LogP contribution in [-0.4, -0.2) is 37.0 Å². The average Bonchev–Trinajstić information content (AvgIpc) is 2.49. The van der Waals surface area contributed by atoms with Gasteiger partial charge in [-0.25, -0.2) is 0 Å². The van der Waals surface area contributed by atoms with E-state index in [0.29, 0.717) is 6.54 Å². The Balaban J connectivity index is 2.22. The van der Waals surface area contributed by atoms with Crippen molar-refractivity contribution < 1.29 is 9.53 Å². The van der Waals surface area contributed by atoms with Gasteiger partial charge in [0.1, 0.15) is 5.75 Å². The fourth-order valence-corrected chi connectivity index (χ4v) is 2.92. The second kappa shape index (κ2) is 6.72. The molecule has 20 heavy (non-hydrogen) atoms. The summed E-state index contributed by atoms with van der Waals surface area (Å²) in [5.41, 5.74) is 12.6. The third kappa shape index (κ3) is 3.11. The quantitative estimate of drug-likeness (QED) is 0.842. The van der Waals surface area contributed by atoms with Gasteiger partial charge in [-0.3, -0.25) is 9.69 Å². The van der Waals surface area contributed by atoms with Gasteiger partial charge in [-0.15, -0.1) is 0 Å². The van der Waals surface area contributed by atoms with Crippen molar-refractivity contribution in [2.75, 3.05) is 20.2 Å². The summed E-state index contributed by atoms with van der Waals surface area (Å²) in [5.74, 6) is 0.561. The Morgan fingerprint density at radius 2 is 2.10 bits per heavy atom. The van der Waals surface area contributed by atoms with E-state index in [4.69, 9.17) is 16.2 Å². The topological polar surface area (TPSA) is 81.6 Å². The molecule has 1 aliphatic rings. The van der Waals surface area contributed by atoms with Crippen molar-refractivity contribution >= 4 is 5.91 Å². The number of piperidine rings is 1. The first kappa shape index (κ1) is 14.8. The standard InChI is InChI=1S/C15H23N3O2/c1-20-12-7-5-11(6-8-12)14(10-16)18-9-3-2-4-13(18)15(17)19/h5-8,13-14H,2-4,9-10,16H2,1H3,(H2,17,19). The molecule has 1 fully saturated rings. The molecular formula is C15H23N3O2. The first-order chi connectivity index (χ1) is 9.67. The van der Waals surface area contributed by atoms with Crippen LogP contribution in [-0.2, 0) is 4.79 Å². The number of benzene rings is 1. The maximum atomic E-state index is 11.6. The number of carbonyl (C=O) groups excluding carboxylic acids is 1. The molecule has 1 saturated heterocycles. The zero-order chi connectivity index (χ0) is 14.5. The Hall–Kier alpha value is -1.59. The van der Waals surface area contributed by atoms with Gasteiger partial charge in [0.15, 0.2) is 0 Å². The van der Waals surface area contributed by atoms with Crippen molar-refractivity contribution in [2.45, 2.75) is 31.3 Å². The molecule has 0 saturated carbocycles. The first-order valence-electron chi connectivity index (χ1n) is 7.06. The van der Waals surface area contributed by atoms with Crippen LogP contribution in [0.2, 0.25) is 0 Å². The summed E-state index contributed by atoms with van der Waals surface area (Å²) in [6.45, 7) is 1.33. The molecular weight excluding hydrogens is 254 g/mol. The predicted octanol–water partition coefficient (Wildman–Crippen LogP) is 1.03. The Morgan fingerprint density at radius 3 is 2.65 bits per heavy atom. The molecule has 110 valence electrons. The van der Waals surface area contributed by atoms with Gasteiger partial charge in [-0.2, -0.15) is 0 Å². The minimum Gasteiger partial charge on any atom is -0.497 e. The van der Waals surface area contributed by atoms with Crippen molar-refractivity contribution in [3.05, 3.63) is 29.8 Å². The normalized spacial score (nSPS) is 21.4. The van der Waals surface area contributed by atoms with Crippen LogP contribution in [0.1, 0.15) is 30.9 Å². The van der Waals surface area contributed by atoms with Crippen molar-refractivity contribution in [2.24, 2.45) is 11.5 Å². The van der Waals surface area contributed by atoms with E-state index in [9.17, 15) is 4.79 Å². The number of ether oxygens (including phenoxy) is 1. The number of nitrogens with zero attached hydrogens (tertiary/aromatic N) is 1. The molecule has 0 radical (unpaired) electrons. The van der Waals surface area contributed by atoms with Gasteiger partial charge in [0.05, 0.1) is 13.2 Å². The predicted molar refractivity (Wildman–Crippen MR) is 78.3 cm³/mol. The lowest BCUT2D eigenvalue weighted by Crippen LogP contribution is -2.50. The zero-order valence-corrected chi connectivity index (χ0v) is 11.9. The fraction of sp³-hybridized carbons (Fsp3) is 0.533. The number of nitrogens with two attached hydrogens (primary N) is 2. The summed E-state index contributed by atoms with van der Waals surface area (Å²) in [6.07, 6.45) is 2.95. The van der Waals surface area contributed by atoms with Crippen LogP contribution >= 0.6 is 0 Å². The van der Waals surface area contributed by atoms with E-state index in [1.165, 1.54) is 0 Å². The lowest BCUT2D eigenvalue weighted by Gasteiger charge is -2.39. The lowest BCUT2D eigenvalue weighted by molar-refractivity contribution is -0.125. The van der Waals surface area contributed by atoms with E-state index < -0.39 is 0 Å². The van der Waals surface area contributed by atoms with Gasteiger partial charge in [0.2, 0.25) is 5.91 Å². The molecule has 0 aromatic heterocycles. The number of likely N-dealkylation sites (tertiary alicyclic amines) is 1. The Labute approximate surface area is 119 Å². The summed E-state index contributed by atoms with van der Waals surface area (Å²) in [6, 6.07) is 7.66. The zero-order valence-electron chi connectivity index (χ0n) is 11.9. The molecule has 2 unspecified atom stereocenters. The fourth-order valence-electron chi connectivity index (χ4n) is 2.92. The molecule has 1 aromatic carbocycles. The number of rotatable bonds is 5. The lowest BCUT2D eigenvalue weighted by atomic mass is 9.96. The van der Waals surface area contributed by atoms with E-state index in [0.717, 1.165) is 37.1 Å². The highest BCUT2D eigenvalue weighted by Gasteiger charge is 2.32. The van der Waals surface area contributed by atoms with E-state index in [2.05, 4.69) is 4.90 Å². The molecule has 1 aromatic rings. The van der Waals surface area contributed by atoms with Crippen LogP contribution < -0.4 is 16.2 Å². The SMILES string of the molecule is COc1ccc(C(CN)N2CCCCC2C(N)=O)cc1. The molecule has 4 N–H and O–H groups in total. The second-order valence-corrected chi connectivity index (χ2v) is 5.18. The number of primary amides is 1. The minimum absolute atomic E-state index is 0.0266. The summed E-state index contributed by atoms with van der Waals surface area (Å²) < 4.78 is 5.17. The largest absolute Gasteiger partial charge is 0.497 e. The number of methoxy groups -OCH3 is 1. The summed E-state index contributed by atoms with van der Waals surface area (Å²) in [7, 11) is 1.64. The van der Waals surface area contributed by atoms with Crippen molar-refractivity contribution in [3.8, 4) is 5.75 Å². The van der Waals surface area contributed by atoms with E-state index in [1.807, 2.05) is 24.3 Å². The molecule has 5 nitrogen and oxygen atoms in total. The third-order valence-electron chi connectivity index (χ3n) is 4.00. The average molecular weight is 277 g/mol. The number of hydrogen-bond donors (Lipinski definition) is 2. The molecule has 2 atom stereocenters. The van der Waals surface area contributed by atoms with Crippen LogP contribution in [0, 0.1) is 0 Å². The van der Waals surface area contributed by atoms with Crippen LogP contribution in [0.25, 0.3) is 0 Å². The van der Waals surface area contributed by atoms with Gasteiger partial charge in [-0.1, -0.05) is 18.6 Å².